The first-order chi connectivity index (χ1) is 9.75. The van der Waals surface area contributed by atoms with Gasteiger partial charge in [-0.05, 0) is 33.0 Å². The molecule has 2 heterocycles. The predicted octanol–water partition coefficient (Wildman–Crippen LogP) is 2.22. The van der Waals surface area contributed by atoms with E-state index >= 15 is 0 Å². The Hall–Kier alpha value is -1.36. The van der Waals surface area contributed by atoms with E-state index in [4.69, 9.17) is 0 Å². The van der Waals surface area contributed by atoms with Gasteiger partial charge in [0.15, 0.2) is 0 Å². The van der Waals surface area contributed by atoms with Crippen LogP contribution in [0.5, 0.6) is 0 Å². The van der Waals surface area contributed by atoms with Gasteiger partial charge in [-0.2, -0.15) is 4.98 Å². The molecule has 1 aliphatic rings. The lowest BCUT2D eigenvalue weighted by atomic mass is 10.1. The summed E-state index contributed by atoms with van der Waals surface area (Å²) in [4.78, 5) is 13.5. The lowest BCUT2D eigenvalue weighted by Gasteiger charge is -2.25. The van der Waals surface area contributed by atoms with Crippen LogP contribution in [0.4, 0.5) is 11.8 Å². The molecule has 0 aliphatic carbocycles. The molecule has 20 heavy (non-hydrogen) atoms. The van der Waals surface area contributed by atoms with Crippen molar-refractivity contribution in [2.45, 2.75) is 32.1 Å². The van der Waals surface area contributed by atoms with E-state index in [2.05, 4.69) is 39.2 Å². The molecule has 0 amide bonds. The second-order valence-electron chi connectivity index (χ2n) is 5.72. The number of hydrogen-bond acceptors (Lipinski definition) is 5. The fraction of sp³-hybridized carbons (Fsp3) is 0.733. The van der Waals surface area contributed by atoms with Crippen LogP contribution in [0.15, 0.2) is 12.3 Å². The highest BCUT2D eigenvalue weighted by Crippen LogP contribution is 2.17. The van der Waals surface area contributed by atoms with E-state index in [0.29, 0.717) is 0 Å². The molecular weight excluding hydrogens is 250 g/mol. The first kappa shape index (κ1) is 15.0. The van der Waals surface area contributed by atoms with E-state index < -0.39 is 0 Å². The van der Waals surface area contributed by atoms with Crippen molar-refractivity contribution in [3.8, 4) is 0 Å². The van der Waals surface area contributed by atoms with Crippen LogP contribution in [0, 0.1) is 0 Å². The third kappa shape index (κ3) is 4.96. The molecule has 0 spiro atoms. The lowest BCUT2D eigenvalue weighted by molar-refractivity contribution is 0.425. The van der Waals surface area contributed by atoms with Gasteiger partial charge in [0.2, 0.25) is 5.95 Å². The smallest absolute Gasteiger partial charge is 0.224 e. The van der Waals surface area contributed by atoms with Crippen LogP contribution < -0.4 is 10.2 Å². The minimum atomic E-state index is 0.742. The van der Waals surface area contributed by atoms with Gasteiger partial charge < -0.3 is 15.1 Å². The van der Waals surface area contributed by atoms with E-state index in [9.17, 15) is 0 Å². The number of likely N-dealkylation sites (N-methyl/N-ethyl adjacent to an activating group) is 1. The average molecular weight is 277 g/mol. The standard InChI is InChI=1S/C15H27N5/c1-19(2)13-10-17-15-16-9-8-14(18-15)20-11-6-4-3-5-7-12-20/h8-9H,3-7,10-13H2,1-2H3,(H,16,17,18). The van der Waals surface area contributed by atoms with Gasteiger partial charge in [-0.15, -0.1) is 0 Å². The number of hydrogen-bond donors (Lipinski definition) is 1. The number of nitrogens with zero attached hydrogens (tertiary/aromatic N) is 4. The summed E-state index contributed by atoms with van der Waals surface area (Å²) in [5, 5.41) is 3.29. The van der Waals surface area contributed by atoms with Crippen molar-refractivity contribution in [1.29, 1.82) is 0 Å². The molecule has 2 rings (SSSR count). The molecule has 0 atom stereocenters. The zero-order chi connectivity index (χ0) is 14.2. The van der Waals surface area contributed by atoms with Crippen molar-refractivity contribution in [1.82, 2.24) is 14.9 Å². The van der Waals surface area contributed by atoms with Crippen LogP contribution in [-0.2, 0) is 0 Å². The SMILES string of the molecule is CN(C)CCNc1nccc(N2CCCCCCC2)n1. The molecule has 1 fully saturated rings. The van der Waals surface area contributed by atoms with Gasteiger partial charge in [0.05, 0.1) is 0 Å². The lowest BCUT2D eigenvalue weighted by Crippen LogP contribution is -2.28. The number of anilines is 2. The highest BCUT2D eigenvalue weighted by atomic mass is 15.2. The molecule has 5 nitrogen and oxygen atoms in total. The molecule has 0 aromatic carbocycles. The van der Waals surface area contributed by atoms with Gasteiger partial charge in [-0.25, -0.2) is 4.98 Å². The topological polar surface area (TPSA) is 44.3 Å². The minimum Gasteiger partial charge on any atom is -0.356 e. The van der Waals surface area contributed by atoms with Gasteiger partial charge in [-0.1, -0.05) is 19.3 Å². The number of rotatable bonds is 5. The maximum atomic E-state index is 4.65. The molecule has 5 heteroatoms. The van der Waals surface area contributed by atoms with E-state index in [-0.39, 0.29) is 0 Å². The number of nitrogens with one attached hydrogen (secondary N) is 1. The summed E-state index contributed by atoms with van der Waals surface area (Å²) in [6, 6.07) is 2.03. The molecule has 1 N–H and O–H groups in total. The second-order valence-corrected chi connectivity index (χ2v) is 5.72. The van der Waals surface area contributed by atoms with Crippen LogP contribution in [0.3, 0.4) is 0 Å². The zero-order valence-corrected chi connectivity index (χ0v) is 12.8. The van der Waals surface area contributed by atoms with Crippen LogP contribution >= 0.6 is 0 Å². The fourth-order valence-corrected chi connectivity index (χ4v) is 2.48. The molecule has 1 saturated heterocycles. The molecule has 1 aliphatic heterocycles. The summed E-state index contributed by atoms with van der Waals surface area (Å²) in [5.41, 5.74) is 0. The van der Waals surface area contributed by atoms with E-state index in [0.717, 1.165) is 37.9 Å². The first-order valence-corrected chi connectivity index (χ1v) is 7.72. The molecule has 0 radical (unpaired) electrons. The third-order valence-electron chi connectivity index (χ3n) is 3.66. The largest absolute Gasteiger partial charge is 0.356 e. The minimum absolute atomic E-state index is 0.742. The van der Waals surface area contributed by atoms with E-state index in [1.54, 1.807) is 0 Å². The van der Waals surface area contributed by atoms with E-state index in [1.165, 1.54) is 32.1 Å². The van der Waals surface area contributed by atoms with Gasteiger partial charge in [0.25, 0.3) is 0 Å². The monoisotopic (exact) mass is 277 g/mol. The summed E-state index contributed by atoms with van der Waals surface area (Å²) in [6.07, 6.45) is 8.47. The maximum Gasteiger partial charge on any atom is 0.224 e. The van der Waals surface area contributed by atoms with Crippen molar-refractivity contribution < 1.29 is 0 Å². The van der Waals surface area contributed by atoms with Crippen molar-refractivity contribution in [3.05, 3.63) is 12.3 Å². The summed E-state index contributed by atoms with van der Waals surface area (Å²) in [5.74, 6) is 1.81. The predicted molar refractivity (Wildman–Crippen MR) is 84.4 cm³/mol. The second kappa shape index (κ2) is 8.04. The van der Waals surface area contributed by atoms with Crippen LogP contribution in [0.2, 0.25) is 0 Å². The molecule has 1 aromatic rings. The van der Waals surface area contributed by atoms with Crippen LogP contribution in [0.25, 0.3) is 0 Å². The Bertz CT molecular complexity index is 386. The Kier molecular flexibility index (Phi) is 6.05. The van der Waals surface area contributed by atoms with Crippen molar-refractivity contribution in [2.24, 2.45) is 0 Å². The Morgan fingerprint density at radius 3 is 2.55 bits per heavy atom. The molecule has 0 unspecified atom stereocenters. The normalized spacial score (nSPS) is 16.9. The van der Waals surface area contributed by atoms with Crippen molar-refractivity contribution in [2.75, 3.05) is 50.5 Å². The van der Waals surface area contributed by atoms with Gasteiger partial charge >= 0.3 is 0 Å². The Morgan fingerprint density at radius 1 is 1.15 bits per heavy atom. The van der Waals surface area contributed by atoms with Crippen LogP contribution in [0.1, 0.15) is 32.1 Å². The summed E-state index contributed by atoms with van der Waals surface area (Å²) >= 11 is 0. The van der Waals surface area contributed by atoms with Gasteiger partial charge in [-0.3, -0.25) is 0 Å². The van der Waals surface area contributed by atoms with Crippen LogP contribution in [-0.4, -0.2) is 55.1 Å². The first-order valence-electron chi connectivity index (χ1n) is 7.72. The quantitative estimate of drug-likeness (QED) is 0.894. The summed E-state index contributed by atoms with van der Waals surface area (Å²) < 4.78 is 0. The van der Waals surface area contributed by atoms with Gasteiger partial charge in [0, 0.05) is 32.4 Å². The average Bonchev–Trinajstić information content (AvgIpc) is 2.38. The van der Waals surface area contributed by atoms with Crippen molar-refractivity contribution >= 4 is 11.8 Å². The molecule has 0 saturated carbocycles. The number of aromatic nitrogens is 2. The molecule has 0 bridgehead atoms. The zero-order valence-electron chi connectivity index (χ0n) is 12.8. The Morgan fingerprint density at radius 2 is 1.85 bits per heavy atom. The molecule has 1 aromatic heterocycles. The maximum absolute atomic E-state index is 4.65. The van der Waals surface area contributed by atoms with Crippen molar-refractivity contribution in [3.63, 3.8) is 0 Å². The highest BCUT2D eigenvalue weighted by molar-refractivity contribution is 5.42. The summed E-state index contributed by atoms with van der Waals surface area (Å²) in [6.45, 7) is 4.09. The van der Waals surface area contributed by atoms with E-state index in [1.807, 2.05) is 12.3 Å². The Labute approximate surface area is 122 Å². The Balaban J connectivity index is 1.93. The fourth-order valence-electron chi connectivity index (χ4n) is 2.48. The molecular formula is C15H27N5. The van der Waals surface area contributed by atoms with Gasteiger partial charge in [0.1, 0.15) is 5.82 Å². The molecule has 112 valence electrons. The summed E-state index contributed by atoms with van der Waals surface area (Å²) in [7, 11) is 4.14. The highest BCUT2D eigenvalue weighted by Gasteiger charge is 2.11. The third-order valence-corrected chi connectivity index (χ3v) is 3.66.